The normalized spacial score (nSPS) is 16.0. The Kier molecular flexibility index (Phi) is 6.57. The molecule has 28 heavy (non-hydrogen) atoms. The summed E-state index contributed by atoms with van der Waals surface area (Å²) in [5.41, 5.74) is 1.18. The van der Waals surface area contributed by atoms with E-state index in [-0.39, 0.29) is 24.2 Å². The van der Waals surface area contributed by atoms with E-state index in [1.165, 1.54) is 0 Å². The molecule has 0 unspecified atom stereocenters. The second kappa shape index (κ2) is 9.10. The van der Waals surface area contributed by atoms with Crippen LogP contribution in [-0.4, -0.2) is 60.1 Å². The van der Waals surface area contributed by atoms with Crippen LogP contribution in [0, 0.1) is 0 Å². The molecule has 0 saturated heterocycles. The van der Waals surface area contributed by atoms with E-state index in [0.29, 0.717) is 42.4 Å². The Bertz CT molecular complexity index is 852. The maximum Gasteiger partial charge on any atom is 0.292 e. The Morgan fingerprint density at radius 3 is 2.75 bits per heavy atom. The first kappa shape index (κ1) is 20.2. The van der Waals surface area contributed by atoms with Gasteiger partial charge in [-0.1, -0.05) is 23.7 Å². The Morgan fingerprint density at radius 1 is 1.21 bits per heavy atom. The van der Waals surface area contributed by atoms with E-state index in [4.69, 9.17) is 20.9 Å². The number of aryl methyl sites for hydroxylation is 1. The van der Waals surface area contributed by atoms with Gasteiger partial charge in [0.1, 0.15) is 12.4 Å². The lowest BCUT2D eigenvalue weighted by molar-refractivity contribution is 0.0669. The molecule has 8 heteroatoms. The van der Waals surface area contributed by atoms with Crippen LogP contribution < -0.4 is 4.74 Å². The summed E-state index contributed by atoms with van der Waals surface area (Å²) in [5.74, 6) is 0.374. The molecule has 0 atom stereocenters. The quantitative estimate of drug-likeness (QED) is 0.766. The number of aromatic nitrogens is 1. The summed E-state index contributed by atoms with van der Waals surface area (Å²) in [6, 6.07) is 6.67. The molecule has 2 amide bonds. The second-order valence-electron chi connectivity index (χ2n) is 6.75. The number of rotatable bonds is 2. The van der Waals surface area contributed by atoms with Crippen LogP contribution in [0.2, 0.25) is 5.02 Å². The number of nitrogens with zero attached hydrogens (tertiary/aromatic N) is 3. The molecule has 3 rings (SSSR count). The summed E-state index contributed by atoms with van der Waals surface area (Å²) < 4.78 is 11.0. The van der Waals surface area contributed by atoms with Gasteiger partial charge in [-0.25, -0.2) is 0 Å². The fourth-order valence-electron chi connectivity index (χ4n) is 3.07. The molecular formula is C20H24ClN3O4. The van der Waals surface area contributed by atoms with E-state index < -0.39 is 0 Å². The van der Waals surface area contributed by atoms with Gasteiger partial charge in [-0.3, -0.25) is 9.59 Å². The van der Waals surface area contributed by atoms with Crippen LogP contribution in [0.1, 0.15) is 46.4 Å². The zero-order valence-electron chi connectivity index (χ0n) is 16.1. The van der Waals surface area contributed by atoms with Crippen molar-refractivity contribution in [1.82, 2.24) is 15.0 Å². The Labute approximate surface area is 169 Å². The van der Waals surface area contributed by atoms with Crippen molar-refractivity contribution < 1.29 is 18.8 Å². The summed E-state index contributed by atoms with van der Waals surface area (Å²) in [5, 5.41) is 4.38. The average Bonchev–Trinajstić information content (AvgIpc) is 3.18. The molecular weight excluding hydrogens is 382 g/mol. The third kappa shape index (κ3) is 4.65. The fraction of sp³-hybridized carbons (Fsp3) is 0.450. The first-order chi connectivity index (χ1) is 13.5. The zero-order chi connectivity index (χ0) is 20.1. The van der Waals surface area contributed by atoms with Gasteiger partial charge in [-0.2, -0.15) is 0 Å². The smallest absolute Gasteiger partial charge is 0.292 e. The number of halogens is 1. The lowest BCUT2D eigenvalue weighted by atomic mass is 10.1. The highest BCUT2D eigenvalue weighted by Crippen LogP contribution is 2.25. The van der Waals surface area contributed by atoms with Crippen molar-refractivity contribution in [3.05, 3.63) is 46.3 Å². The van der Waals surface area contributed by atoms with Crippen LogP contribution >= 0.6 is 11.6 Å². The Morgan fingerprint density at radius 2 is 2.00 bits per heavy atom. The molecule has 1 aliphatic heterocycles. The minimum Gasteiger partial charge on any atom is -0.491 e. The number of hydrogen-bond donors (Lipinski definition) is 0. The predicted octanol–water partition coefficient (Wildman–Crippen LogP) is 3.28. The van der Waals surface area contributed by atoms with Crippen LogP contribution in [0.15, 0.2) is 28.8 Å². The first-order valence-corrected chi connectivity index (χ1v) is 9.80. The van der Waals surface area contributed by atoms with Crippen LogP contribution in [0.5, 0.6) is 5.75 Å². The fourth-order valence-corrected chi connectivity index (χ4v) is 3.24. The van der Waals surface area contributed by atoms with Gasteiger partial charge in [0.2, 0.25) is 5.76 Å². The van der Waals surface area contributed by atoms with Crippen molar-refractivity contribution in [2.24, 2.45) is 0 Å². The summed E-state index contributed by atoms with van der Waals surface area (Å²) in [7, 11) is 1.75. The van der Waals surface area contributed by atoms with Gasteiger partial charge in [0.05, 0.1) is 17.8 Å². The maximum atomic E-state index is 12.8. The summed E-state index contributed by atoms with van der Waals surface area (Å²) in [4.78, 5) is 28.9. The molecule has 1 aromatic heterocycles. The lowest BCUT2D eigenvalue weighted by Gasteiger charge is -2.25. The molecule has 0 saturated carbocycles. The van der Waals surface area contributed by atoms with E-state index in [9.17, 15) is 9.59 Å². The van der Waals surface area contributed by atoms with Gasteiger partial charge in [0, 0.05) is 31.2 Å². The van der Waals surface area contributed by atoms with Gasteiger partial charge in [-0.05, 0) is 37.5 Å². The molecule has 0 radical (unpaired) electrons. The molecule has 1 aliphatic rings. The largest absolute Gasteiger partial charge is 0.491 e. The topological polar surface area (TPSA) is 75.9 Å². The number of carbonyl (C=O) groups excluding carboxylic acids is 2. The van der Waals surface area contributed by atoms with Gasteiger partial charge < -0.3 is 19.1 Å². The highest BCUT2D eigenvalue weighted by Gasteiger charge is 2.22. The maximum absolute atomic E-state index is 12.8. The summed E-state index contributed by atoms with van der Waals surface area (Å²) in [6.45, 7) is 3.73. The summed E-state index contributed by atoms with van der Waals surface area (Å²) in [6.07, 6.45) is 2.25. The lowest BCUT2D eigenvalue weighted by Crippen LogP contribution is -2.36. The molecule has 150 valence electrons. The molecule has 0 spiro atoms. The van der Waals surface area contributed by atoms with Crippen molar-refractivity contribution in [3.8, 4) is 5.75 Å². The first-order valence-electron chi connectivity index (χ1n) is 9.42. The number of ether oxygens (including phenoxy) is 1. The predicted molar refractivity (Wildman–Crippen MR) is 105 cm³/mol. The molecule has 7 nitrogen and oxygen atoms in total. The number of amides is 2. The van der Waals surface area contributed by atoms with Crippen molar-refractivity contribution in [2.45, 2.75) is 26.2 Å². The average molecular weight is 406 g/mol. The third-order valence-electron chi connectivity index (χ3n) is 4.73. The van der Waals surface area contributed by atoms with E-state index in [1.54, 1.807) is 41.1 Å². The van der Waals surface area contributed by atoms with Crippen LogP contribution in [-0.2, 0) is 6.42 Å². The molecule has 2 aromatic rings. The van der Waals surface area contributed by atoms with Crippen LogP contribution in [0.3, 0.4) is 0 Å². The van der Waals surface area contributed by atoms with E-state index in [0.717, 1.165) is 18.5 Å². The van der Waals surface area contributed by atoms with Gasteiger partial charge >= 0.3 is 0 Å². The number of fused-ring (bicyclic) bond motifs is 1. The molecule has 0 fully saturated rings. The van der Waals surface area contributed by atoms with Crippen molar-refractivity contribution in [1.29, 1.82) is 0 Å². The SMILES string of the molecule is CCc1cc(C(=O)N2CCCCN(C)C(=O)c3cc(Cl)ccc3OCC2)on1. The van der Waals surface area contributed by atoms with Gasteiger partial charge in [0.25, 0.3) is 11.8 Å². The van der Waals surface area contributed by atoms with Crippen molar-refractivity contribution in [2.75, 3.05) is 33.3 Å². The van der Waals surface area contributed by atoms with Crippen LogP contribution in [0.4, 0.5) is 0 Å². The molecule has 0 aliphatic carbocycles. The second-order valence-corrected chi connectivity index (χ2v) is 7.19. The number of carbonyl (C=O) groups is 2. The Balaban J connectivity index is 1.79. The highest BCUT2D eigenvalue weighted by atomic mass is 35.5. The molecule has 2 heterocycles. The molecule has 0 bridgehead atoms. The molecule has 0 N–H and O–H groups in total. The van der Waals surface area contributed by atoms with Crippen LogP contribution in [0.25, 0.3) is 0 Å². The number of benzene rings is 1. The van der Waals surface area contributed by atoms with E-state index >= 15 is 0 Å². The van der Waals surface area contributed by atoms with Crippen molar-refractivity contribution in [3.63, 3.8) is 0 Å². The van der Waals surface area contributed by atoms with Gasteiger partial charge in [0.15, 0.2) is 0 Å². The monoisotopic (exact) mass is 405 g/mol. The standard InChI is InChI=1S/C20H24ClN3O4/c1-3-15-13-18(28-22-15)20(26)24-9-5-4-8-23(2)19(25)16-12-14(21)6-7-17(16)27-11-10-24/h6-7,12-13H,3-5,8-11H2,1-2H3. The van der Waals surface area contributed by atoms with E-state index in [2.05, 4.69) is 5.16 Å². The minimum atomic E-state index is -0.200. The Hall–Kier alpha value is -2.54. The highest BCUT2D eigenvalue weighted by molar-refractivity contribution is 6.31. The summed E-state index contributed by atoms with van der Waals surface area (Å²) >= 11 is 6.07. The third-order valence-corrected chi connectivity index (χ3v) is 4.96. The molecule has 1 aromatic carbocycles. The van der Waals surface area contributed by atoms with Gasteiger partial charge in [-0.15, -0.1) is 0 Å². The number of hydrogen-bond acceptors (Lipinski definition) is 5. The van der Waals surface area contributed by atoms with E-state index in [1.807, 2.05) is 6.92 Å². The van der Waals surface area contributed by atoms with Crippen molar-refractivity contribution >= 4 is 23.4 Å². The minimum absolute atomic E-state index is 0.125. The zero-order valence-corrected chi connectivity index (χ0v) is 16.9.